The van der Waals surface area contributed by atoms with Crippen LogP contribution in [0.15, 0.2) is 6.20 Å². The van der Waals surface area contributed by atoms with Crippen LogP contribution >= 0.6 is 0 Å². The normalized spacial score (nSPS) is 25.0. The molecule has 1 aromatic heterocycles. The predicted molar refractivity (Wildman–Crippen MR) is 81.7 cm³/mol. The van der Waals surface area contributed by atoms with E-state index in [9.17, 15) is 14.9 Å². The van der Waals surface area contributed by atoms with Gasteiger partial charge in [-0.1, -0.05) is 0 Å². The molecule has 0 radical (unpaired) electrons. The number of nitrogens with one attached hydrogen (secondary N) is 1. The quantitative estimate of drug-likeness (QED) is 0.624. The average molecular weight is 327 g/mol. The highest BCUT2D eigenvalue weighted by atomic mass is 16.6. The molecule has 2 atom stereocenters. The zero-order valence-corrected chi connectivity index (χ0v) is 13.4. The van der Waals surface area contributed by atoms with Crippen LogP contribution in [0.5, 0.6) is 0 Å². The van der Waals surface area contributed by atoms with Gasteiger partial charge < -0.3 is 20.1 Å². The van der Waals surface area contributed by atoms with Crippen LogP contribution in [-0.2, 0) is 11.8 Å². The maximum Gasteiger partial charge on any atom is 0.404 e. The molecular weight excluding hydrogens is 306 g/mol. The summed E-state index contributed by atoms with van der Waals surface area (Å²) < 4.78 is 7.02. The summed E-state index contributed by atoms with van der Waals surface area (Å²) in [4.78, 5) is 23.5. The first-order chi connectivity index (χ1) is 10.8. The Morgan fingerprint density at radius 2 is 2.35 bits per heavy atom. The minimum atomic E-state index is -1.09. The Labute approximate surface area is 133 Å². The van der Waals surface area contributed by atoms with Crippen LogP contribution in [-0.4, -0.2) is 57.7 Å². The van der Waals surface area contributed by atoms with E-state index in [1.54, 1.807) is 14.2 Å². The molecule has 0 saturated carbocycles. The van der Waals surface area contributed by atoms with Crippen molar-refractivity contribution in [2.45, 2.75) is 31.4 Å². The summed E-state index contributed by atoms with van der Waals surface area (Å²) in [6.45, 7) is 2.73. The summed E-state index contributed by atoms with van der Waals surface area (Å²) in [5, 5.41) is 26.6. The number of aromatic nitrogens is 2. The van der Waals surface area contributed by atoms with Gasteiger partial charge in [0, 0.05) is 33.3 Å². The van der Waals surface area contributed by atoms with Crippen LogP contribution in [0.1, 0.15) is 19.8 Å². The molecule has 0 aromatic carbocycles. The molecule has 0 spiro atoms. The highest BCUT2D eigenvalue weighted by molar-refractivity contribution is 5.65. The first-order valence-corrected chi connectivity index (χ1v) is 7.21. The molecule has 1 aliphatic heterocycles. The van der Waals surface area contributed by atoms with Gasteiger partial charge in [-0.05, 0) is 19.8 Å². The number of hydrogen-bond donors (Lipinski definition) is 2. The van der Waals surface area contributed by atoms with Crippen molar-refractivity contribution in [1.82, 2.24) is 15.1 Å². The lowest BCUT2D eigenvalue weighted by molar-refractivity contribution is -0.384. The summed E-state index contributed by atoms with van der Waals surface area (Å²) in [5.41, 5.74) is -0.711. The van der Waals surface area contributed by atoms with E-state index in [1.165, 1.54) is 10.9 Å². The van der Waals surface area contributed by atoms with Crippen LogP contribution in [0.3, 0.4) is 0 Å². The van der Waals surface area contributed by atoms with E-state index in [0.717, 1.165) is 0 Å². The molecule has 2 N–H and O–H groups in total. The zero-order chi connectivity index (χ0) is 17.2. The third kappa shape index (κ3) is 3.70. The van der Waals surface area contributed by atoms with E-state index in [0.29, 0.717) is 31.7 Å². The Hall–Kier alpha value is -2.36. The van der Waals surface area contributed by atoms with Gasteiger partial charge in [-0.15, -0.1) is 0 Å². The van der Waals surface area contributed by atoms with Gasteiger partial charge in [-0.3, -0.25) is 10.1 Å². The van der Waals surface area contributed by atoms with Crippen LogP contribution in [0.4, 0.5) is 16.3 Å². The number of carboxylic acid groups (broad SMARTS) is 1. The second-order valence-electron chi connectivity index (χ2n) is 5.95. The summed E-state index contributed by atoms with van der Waals surface area (Å²) >= 11 is 0. The smallest absolute Gasteiger partial charge is 0.404 e. The summed E-state index contributed by atoms with van der Waals surface area (Å²) in [6, 6.07) is -0.283. The minimum absolute atomic E-state index is 0.0735. The molecule has 1 fully saturated rings. The molecule has 0 bridgehead atoms. The SMILES string of the molecule is COC1(C)CC(NC(=O)O)CCN(c2c([N+](=O)[O-])cnn2C)C1. The summed E-state index contributed by atoms with van der Waals surface area (Å²) in [6.07, 6.45) is 1.14. The Kier molecular flexibility index (Phi) is 4.73. The lowest BCUT2D eigenvalue weighted by Crippen LogP contribution is -2.44. The van der Waals surface area contributed by atoms with Gasteiger partial charge in [-0.25, -0.2) is 9.48 Å². The van der Waals surface area contributed by atoms with Gasteiger partial charge >= 0.3 is 11.8 Å². The van der Waals surface area contributed by atoms with Crippen LogP contribution in [0.2, 0.25) is 0 Å². The molecule has 0 aliphatic carbocycles. The van der Waals surface area contributed by atoms with E-state index >= 15 is 0 Å². The Morgan fingerprint density at radius 3 is 2.91 bits per heavy atom. The number of rotatable bonds is 4. The number of carbonyl (C=O) groups is 1. The van der Waals surface area contributed by atoms with Crippen molar-refractivity contribution in [3.8, 4) is 0 Å². The largest absolute Gasteiger partial charge is 0.465 e. The zero-order valence-electron chi connectivity index (χ0n) is 13.4. The van der Waals surface area contributed by atoms with Crippen LogP contribution in [0.25, 0.3) is 0 Å². The summed E-state index contributed by atoms with van der Waals surface area (Å²) in [5.74, 6) is 0.397. The van der Waals surface area contributed by atoms with Crippen molar-refractivity contribution in [1.29, 1.82) is 0 Å². The van der Waals surface area contributed by atoms with E-state index in [1.807, 2.05) is 11.8 Å². The molecule has 1 amide bonds. The van der Waals surface area contributed by atoms with Gasteiger partial charge in [-0.2, -0.15) is 5.10 Å². The van der Waals surface area contributed by atoms with Gasteiger partial charge in [0.2, 0.25) is 5.82 Å². The minimum Gasteiger partial charge on any atom is -0.465 e. The number of aryl methyl sites for hydroxylation is 1. The van der Waals surface area contributed by atoms with E-state index in [4.69, 9.17) is 9.84 Å². The average Bonchev–Trinajstić information content (AvgIpc) is 2.76. The monoisotopic (exact) mass is 327 g/mol. The fourth-order valence-electron chi connectivity index (χ4n) is 3.02. The molecule has 10 heteroatoms. The second kappa shape index (κ2) is 6.41. The topological polar surface area (TPSA) is 123 Å². The number of amides is 1. The second-order valence-corrected chi connectivity index (χ2v) is 5.95. The third-order valence-electron chi connectivity index (χ3n) is 4.16. The number of methoxy groups -OCH3 is 1. The first kappa shape index (κ1) is 17.0. The third-order valence-corrected chi connectivity index (χ3v) is 4.16. The molecule has 2 unspecified atom stereocenters. The van der Waals surface area contributed by atoms with Crippen molar-refractivity contribution in [2.24, 2.45) is 7.05 Å². The van der Waals surface area contributed by atoms with Crippen molar-refractivity contribution >= 4 is 17.6 Å². The maximum atomic E-state index is 11.2. The molecule has 23 heavy (non-hydrogen) atoms. The molecule has 1 saturated heterocycles. The lowest BCUT2D eigenvalue weighted by atomic mass is 9.96. The first-order valence-electron chi connectivity index (χ1n) is 7.21. The molecule has 10 nitrogen and oxygen atoms in total. The van der Waals surface area contributed by atoms with Crippen molar-refractivity contribution in [3.05, 3.63) is 16.3 Å². The predicted octanol–water partition coefficient (Wildman–Crippen LogP) is 0.970. The maximum absolute atomic E-state index is 11.2. The number of hydrogen-bond acceptors (Lipinski definition) is 6. The number of nitrogens with zero attached hydrogens (tertiary/aromatic N) is 4. The van der Waals surface area contributed by atoms with Gasteiger partial charge in [0.05, 0.1) is 10.5 Å². The van der Waals surface area contributed by atoms with E-state index < -0.39 is 16.6 Å². The number of nitro groups is 1. The highest BCUT2D eigenvalue weighted by Gasteiger charge is 2.37. The molecular formula is C13H21N5O5. The number of anilines is 1. The number of ether oxygens (including phenoxy) is 1. The van der Waals surface area contributed by atoms with E-state index in [2.05, 4.69) is 10.4 Å². The molecule has 1 aromatic rings. The molecule has 2 heterocycles. The van der Waals surface area contributed by atoms with Crippen molar-refractivity contribution in [3.63, 3.8) is 0 Å². The fourth-order valence-corrected chi connectivity index (χ4v) is 3.02. The Balaban J connectivity index is 2.32. The molecule has 2 rings (SSSR count). The lowest BCUT2D eigenvalue weighted by Gasteiger charge is -2.33. The van der Waals surface area contributed by atoms with Gasteiger partial charge in [0.15, 0.2) is 0 Å². The highest BCUT2D eigenvalue weighted by Crippen LogP contribution is 2.32. The van der Waals surface area contributed by atoms with Gasteiger partial charge in [0.1, 0.15) is 6.20 Å². The fraction of sp³-hybridized carbons (Fsp3) is 0.692. The Bertz CT molecular complexity index is 604. The van der Waals surface area contributed by atoms with Crippen LogP contribution < -0.4 is 10.2 Å². The van der Waals surface area contributed by atoms with Crippen molar-refractivity contribution in [2.75, 3.05) is 25.1 Å². The Morgan fingerprint density at radius 1 is 1.65 bits per heavy atom. The summed E-state index contributed by atoms with van der Waals surface area (Å²) in [7, 11) is 3.20. The van der Waals surface area contributed by atoms with Crippen molar-refractivity contribution < 1.29 is 19.6 Å². The van der Waals surface area contributed by atoms with Gasteiger partial charge in [0.25, 0.3) is 0 Å². The molecule has 1 aliphatic rings. The standard InChI is InChI=1S/C13H21N5O5/c1-13(23-3)6-9(15-12(19)20)4-5-17(8-13)11-10(18(21)22)7-14-16(11)2/h7,9,15H,4-6,8H2,1-3H3,(H,19,20). The molecule has 128 valence electrons. The van der Waals surface area contributed by atoms with Crippen LogP contribution in [0, 0.1) is 10.1 Å². The van der Waals surface area contributed by atoms with E-state index in [-0.39, 0.29) is 11.7 Å².